The number of carboxylic acids is 1. The van der Waals surface area contributed by atoms with E-state index in [4.69, 9.17) is 28.3 Å². The summed E-state index contributed by atoms with van der Waals surface area (Å²) in [5.41, 5.74) is 0.602. The summed E-state index contributed by atoms with van der Waals surface area (Å²) in [6.45, 7) is 2.20. The molecule has 0 aliphatic rings. The van der Waals surface area contributed by atoms with Gasteiger partial charge in [0.2, 0.25) is 10.0 Å². The van der Waals surface area contributed by atoms with Gasteiger partial charge in [-0.15, -0.1) is 0 Å². The number of hydrogen-bond acceptors (Lipinski definition) is 3. The van der Waals surface area contributed by atoms with Crippen molar-refractivity contribution < 1.29 is 18.3 Å². The molecular weight excluding hydrogens is 385 g/mol. The minimum Gasteiger partial charge on any atom is -0.478 e. The molecule has 0 saturated heterocycles. The van der Waals surface area contributed by atoms with Gasteiger partial charge in [-0.05, 0) is 36.2 Å². The molecule has 0 saturated carbocycles. The summed E-state index contributed by atoms with van der Waals surface area (Å²) < 4.78 is 26.9. The maximum absolute atomic E-state index is 12.8. The average molecular weight is 402 g/mol. The van der Waals surface area contributed by atoms with Crippen molar-refractivity contribution in [3.05, 3.63) is 63.6 Å². The highest BCUT2D eigenvalue weighted by Crippen LogP contribution is 2.24. The van der Waals surface area contributed by atoms with Gasteiger partial charge in [0.15, 0.2) is 0 Å². The van der Waals surface area contributed by atoms with Crippen LogP contribution < -0.4 is 0 Å². The minimum absolute atomic E-state index is 0.00874. The van der Waals surface area contributed by atoms with E-state index in [-0.39, 0.29) is 28.6 Å². The van der Waals surface area contributed by atoms with Crippen molar-refractivity contribution in [2.75, 3.05) is 13.1 Å². The van der Waals surface area contributed by atoms with Gasteiger partial charge >= 0.3 is 5.97 Å². The number of sulfonamides is 1. The molecule has 0 heterocycles. The van der Waals surface area contributed by atoms with Crippen molar-refractivity contribution in [2.24, 2.45) is 0 Å². The number of likely N-dealkylation sites (N-methyl/N-ethyl adjacent to an activating group) is 1. The molecule has 0 aliphatic carbocycles. The van der Waals surface area contributed by atoms with E-state index >= 15 is 0 Å². The number of halogens is 2. The fraction of sp³-hybridized carbons (Fsp3) is 0.235. The van der Waals surface area contributed by atoms with E-state index in [0.29, 0.717) is 11.4 Å². The highest BCUT2D eigenvalue weighted by atomic mass is 35.5. The van der Waals surface area contributed by atoms with Gasteiger partial charge in [-0.25, -0.2) is 13.2 Å². The van der Waals surface area contributed by atoms with Crippen LogP contribution in [0.2, 0.25) is 10.0 Å². The Balaban J connectivity index is 2.28. The quantitative estimate of drug-likeness (QED) is 0.761. The van der Waals surface area contributed by atoms with Crippen molar-refractivity contribution in [3.63, 3.8) is 0 Å². The fourth-order valence-corrected chi connectivity index (χ4v) is 4.28. The lowest BCUT2D eigenvalue weighted by molar-refractivity contribution is 0.0697. The predicted molar refractivity (Wildman–Crippen MR) is 98.0 cm³/mol. The minimum atomic E-state index is -3.84. The van der Waals surface area contributed by atoms with Crippen molar-refractivity contribution in [1.29, 1.82) is 0 Å². The molecule has 2 aromatic carbocycles. The topological polar surface area (TPSA) is 74.7 Å². The Labute approximate surface area is 156 Å². The molecule has 8 heteroatoms. The lowest BCUT2D eigenvalue weighted by Gasteiger charge is -2.21. The molecule has 25 heavy (non-hydrogen) atoms. The van der Waals surface area contributed by atoms with Gasteiger partial charge in [-0.1, -0.05) is 48.3 Å². The van der Waals surface area contributed by atoms with Crippen molar-refractivity contribution >= 4 is 39.2 Å². The number of carbonyl (C=O) groups is 1. The number of aromatic carboxylic acids is 1. The Bertz CT molecular complexity index is 884. The summed E-state index contributed by atoms with van der Waals surface area (Å²) in [5.74, 6) is -1.28. The van der Waals surface area contributed by atoms with Gasteiger partial charge in [0, 0.05) is 18.1 Å². The van der Waals surface area contributed by atoms with Crippen LogP contribution in [-0.4, -0.2) is 36.9 Å². The molecule has 1 N–H and O–H groups in total. The Hall–Kier alpha value is -1.60. The van der Waals surface area contributed by atoms with Crippen molar-refractivity contribution in [1.82, 2.24) is 4.31 Å². The summed E-state index contributed by atoms with van der Waals surface area (Å²) >= 11 is 11.9. The van der Waals surface area contributed by atoms with Crippen LogP contribution in [0.25, 0.3) is 0 Å². The summed E-state index contributed by atoms with van der Waals surface area (Å²) in [7, 11) is -3.84. The molecular formula is C17H17Cl2NO4S. The van der Waals surface area contributed by atoms with Gasteiger partial charge in [0.1, 0.15) is 0 Å². The largest absolute Gasteiger partial charge is 0.478 e. The zero-order chi connectivity index (χ0) is 18.6. The number of benzene rings is 2. The second-order valence-corrected chi connectivity index (χ2v) is 8.04. The molecule has 0 bridgehead atoms. The highest BCUT2D eigenvalue weighted by Gasteiger charge is 2.25. The first-order chi connectivity index (χ1) is 11.8. The summed E-state index contributed by atoms with van der Waals surface area (Å²) in [5, 5.41) is 9.70. The van der Waals surface area contributed by atoms with Crippen LogP contribution >= 0.6 is 23.2 Å². The van der Waals surface area contributed by atoms with Crippen LogP contribution in [0.3, 0.4) is 0 Å². The molecule has 0 amide bonds. The van der Waals surface area contributed by atoms with Gasteiger partial charge in [-0.3, -0.25) is 0 Å². The van der Waals surface area contributed by atoms with Gasteiger partial charge in [-0.2, -0.15) is 4.31 Å². The number of hydrogen-bond donors (Lipinski definition) is 1. The highest BCUT2D eigenvalue weighted by molar-refractivity contribution is 7.89. The third kappa shape index (κ3) is 4.52. The molecule has 0 atom stereocenters. The SMILES string of the molecule is CCN(CCc1ccccc1Cl)S(=O)(=O)c1ccc(Cl)c(C(=O)O)c1. The molecule has 0 spiro atoms. The second kappa shape index (κ2) is 8.19. The Morgan fingerprint density at radius 2 is 1.80 bits per heavy atom. The maximum atomic E-state index is 12.8. The number of rotatable bonds is 7. The molecule has 0 aromatic heterocycles. The first-order valence-electron chi connectivity index (χ1n) is 7.53. The first-order valence-corrected chi connectivity index (χ1v) is 9.73. The lowest BCUT2D eigenvalue weighted by atomic mass is 10.1. The van der Waals surface area contributed by atoms with Crippen molar-refractivity contribution in [3.8, 4) is 0 Å². The Kier molecular flexibility index (Phi) is 6.46. The smallest absolute Gasteiger partial charge is 0.337 e. The summed E-state index contributed by atoms with van der Waals surface area (Å²) in [4.78, 5) is 11.1. The molecule has 0 aliphatic heterocycles. The zero-order valence-electron chi connectivity index (χ0n) is 13.4. The maximum Gasteiger partial charge on any atom is 0.337 e. The summed E-state index contributed by atoms with van der Waals surface area (Å²) in [6.07, 6.45) is 0.451. The van der Waals surface area contributed by atoms with E-state index in [1.54, 1.807) is 19.1 Å². The zero-order valence-corrected chi connectivity index (χ0v) is 15.8. The van der Waals surface area contributed by atoms with Gasteiger partial charge < -0.3 is 5.11 Å². The van der Waals surface area contributed by atoms with Crippen molar-refractivity contribution in [2.45, 2.75) is 18.2 Å². The van der Waals surface area contributed by atoms with E-state index in [1.165, 1.54) is 16.4 Å². The first kappa shape index (κ1) is 19.7. The third-order valence-corrected chi connectivity index (χ3v) is 6.42. The fourth-order valence-electron chi connectivity index (χ4n) is 2.37. The van der Waals surface area contributed by atoms with Gasteiger partial charge in [0.05, 0.1) is 15.5 Å². The molecule has 2 rings (SSSR count). The average Bonchev–Trinajstić information content (AvgIpc) is 2.56. The third-order valence-electron chi connectivity index (χ3n) is 3.75. The van der Waals surface area contributed by atoms with Crippen LogP contribution in [0.1, 0.15) is 22.8 Å². The number of carboxylic acid groups (broad SMARTS) is 1. The molecule has 0 unspecified atom stereocenters. The normalized spacial score (nSPS) is 11.7. The molecule has 0 fully saturated rings. The van der Waals surface area contributed by atoms with E-state index in [1.807, 2.05) is 12.1 Å². The second-order valence-electron chi connectivity index (χ2n) is 5.28. The van der Waals surface area contributed by atoms with Crippen LogP contribution in [0.4, 0.5) is 0 Å². The van der Waals surface area contributed by atoms with E-state index < -0.39 is 16.0 Å². The predicted octanol–water partition coefficient (Wildman–Crippen LogP) is 3.94. The van der Waals surface area contributed by atoms with Crippen LogP contribution in [-0.2, 0) is 16.4 Å². The molecule has 2 aromatic rings. The lowest BCUT2D eigenvalue weighted by Crippen LogP contribution is -2.33. The standard InChI is InChI=1S/C17H17Cl2NO4S/c1-2-20(10-9-12-5-3-4-6-15(12)18)25(23,24)13-7-8-16(19)14(11-13)17(21)22/h3-8,11H,2,9-10H2,1H3,(H,21,22). The van der Waals surface area contributed by atoms with Crippen LogP contribution in [0, 0.1) is 0 Å². The summed E-state index contributed by atoms with van der Waals surface area (Å²) in [6, 6.07) is 10.9. The Morgan fingerprint density at radius 3 is 2.40 bits per heavy atom. The Morgan fingerprint density at radius 1 is 1.12 bits per heavy atom. The van der Waals surface area contributed by atoms with E-state index in [9.17, 15) is 13.2 Å². The molecule has 134 valence electrons. The molecule has 5 nitrogen and oxygen atoms in total. The van der Waals surface area contributed by atoms with E-state index in [0.717, 1.165) is 11.6 Å². The number of nitrogens with zero attached hydrogens (tertiary/aromatic N) is 1. The van der Waals surface area contributed by atoms with Gasteiger partial charge in [0.25, 0.3) is 0 Å². The molecule has 0 radical (unpaired) electrons. The van der Waals surface area contributed by atoms with E-state index in [2.05, 4.69) is 0 Å². The van der Waals surface area contributed by atoms with Crippen LogP contribution in [0.5, 0.6) is 0 Å². The van der Waals surface area contributed by atoms with Crippen LogP contribution in [0.15, 0.2) is 47.4 Å². The monoisotopic (exact) mass is 401 g/mol.